The van der Waals surface area contributed by atoms with Gasteiger partial charge in [-0.15, -0.1) is 0 Å². The summed E-state index contributed by atoms with van der Waals surface area (Å²) < 4.78 is 0. The van der Waals surface area contributed by atoms with Gasteiger partial charge in [-0.1, -0.05) is 24.3 Å². The summed E-state index contributed by atoms with van der Waals surface area (Å²) >= 11 is 0. The fourth-order valence-corrected chi connectivity index (χ4v) is 4.16. The zero-order valence-corrected chi connectivity index (χ0v) is 9.65. The van der Waals surface area contributed by atoms with Gasteiger partial charge < -0.3 is 10.2 Å². The van der Waals surface area contributed by atoms with Gasteiger partial charge in [0.2, 0.25) is 0 Å². The van der Waals surface area contributed by atoms with E-state index in [1.165, 1.54) is 0 Å². The van der Waals surface area contributed by atoms with Gasteiger partial charge in [-0.05, 0) is 44.9 Å². The molecule has 2 N–H and O–H groups in total. The summed E-state index contributed by atoms with van der Waals surface area (Å²) in [6.07, 6.45) is 14.1. The van der Waals surface area contributed by atoms with Gasteiger partial charge in [0.25, 0.3) is 0 Å². The molecule has 0 aromatic rings. The summed E-state index contributed by atoms with van der Waals surface area (Å²) in [4.78, 5) is 0. The maximum atomic E-state index is 10.9. The summed E-state index contributed by atoms with van der Waals surface area (Å²) in [7, 11) is 0. The standard InChI is InChI=1S/C14H20O2/c15-13-8-3-1-2-6-12(13)7-4-5-9-14(12,16)11-10-13/h1,3-5,15-16H,2,6-11H2/t12-,13-,14+/m1/s1. The van der Waals surface area contributed by atoms with E-state index in [0.29, 0.717) is 6.42 Å². The molecule has 3 rings (SSSR count). The predicted octanol–water partition coefficient (Wildman–Crippen LogP) is 2.32. The van der Waals surface area contributed by atoms with Crippen molar-refractivity contribution in [3.8, 4) is 0 Å². The summed E-state index contributed by atoms with van der Waals surface area (Å²) in [5.74, 6) is 0. The molecule has 0 saturated heterocycles. The molecule has 88 valence electrons. The third kappa shape index (κ3) is 1.09. The summed E-state index contributed by atoms with van der Waals surface area (Å²) in [5, 5.41) is 21.7. The zero-order chi connectivity index (χ0) is 11.3. The first-order valence-corrected chi connectivity index (χ1v) is 6.37. The largest absolute Gasteiger partial charge is 0.389 e. The lowest BCUT2D eigenvalue weighted by Gasteiger charge is -2.50. The summed E-state index contributed by atoms with van der Waals surface area (Å²) in [6, 6.07) is 0. The molecule has 3 aliphatic rings. The van der Waals surface area contributed by atoms with Crippen LogP contribution in [0.3, 0.4) is 0 Å². The van der Waals surface area contributed by atoms with Crippen molar-refractivity contribution in [3.05, 3.63) is 24.3 Å². The van der Waals surface area contributed by atoms with Crippen LogP contribution in [0.2, 0.25) is 0 Å². The van der Waals surface area contributed by atoms with Crippen molar-refractivity contribution in [3.63, 3.8) is 0 Å². The van der Waals surface area contributed by atoms with Crippen LogP contribution < -0.4 is 0 Å². The van der Waals surface area contributed by atoms with Gasteiger partial charge in [-0.25, -0.2) is 0 Å². The molecule has 0 aromatic heterocycles. The molecule has 0 radical (unpaired) electrons. The molecule has 0 unspecified atom stereocenters. The Hall–Kier alpha value is -0.600. The highest BCUT2D eigenvalue weighted by atomic mass is 16.3. The molecule has 1 fully saturated rings. The van der Waals surface area contributed by atoms with E-state index in [-0.39, 0.29) is 5.41 Å². The first kappa shape index (κ1) is 10.5. The van der Waals surface area contributed by atoms with Crippen molar-refractivity contribution < 1.29 is 10.2 Å². The van der Waals surface area contributed by atoms with Crippen LogP contribution in [-0.2, 0) is 0 Å². The minimum Gasteiger partial charge on any atom is -0.389 e. The van der Waals surface area contributed by atoms with Crippen LogP contribution in [0.4, 0.5) is 0 Å². The van der Waals surface area contributed by atoms with Gasteiger partial charge in [-0.3, -0.25) is 0 Å². The molecule has 0 aliphatic heterocycles. The Labute approximate surface area is 96.7 Å². The molecule has 3 aliphatic carbocycles. The van der Waals surface area contributed by atoms with Gasteiger partial charge in [-0.2, -0.15) is 0 Å². The zero-order valence-electron chi connectivity index (χ0n) is 9.65. The molecule has 2 nitrogen and oxygen atoms in total. The SMILES string of the molecule is O[C@@]12CC=CCC[C@@]13CC=CC[C@]3(O)CC2. The van der Waals surface area contributed by atoms with E-state index in [0.717, 1.165) is 38.5 Å². The molecule has 1 saturated carbocycles. The Morgan fingerprint density at radius 3 is 1.94 bits per heavy atom. The maximum absolute atomic E-state index is 10.9. The van der Waals surface area contributed by atoms with E-state index < -0.39 is 11.2 Å². The molecule has 16 heavy (non-hydrogen) atoms. The van der Waals surface area contributed by atoms with Gasteiger partial charge >= 0.3 is 0 Å². The smallest absolute Gasteiger partial charge is 0.0769 e. The third-order valence-electron chi connectivity index (χ3n) is 5.18. The Bertz CT molecular complexity index is 360. The number of allylic oxidation sites excluding steroid dienone is 2. The van der Waals surface area contributed by atoms with Crippen LogP contribution in [-0.4, -0.2) is 21.4 Å². The van der Waals surface area contributed by atoms with Crippen molar-refractivity contribution in [2.24, 2.45) is 5.41 Å². The van der Waals surface area contributed by atoms with Crippen molar-refractivity contribution in [2.45, 2.75) is 56.1 Å². The van der Waals surface area contributed by atoms with Crippen LogP contribution >= 0.6 is 0 Å². The average molecular weight is 220 g/mol. The van der Waals surface area contributed by atoms with Crippen LogP contribution in [0.25, 0.3) is 0 Å². The van der Waals surface area contributed by atoms with E-state index >= 15 is 0 Å². The topological polar surface area (TPSA) is 40.5 Å². The molecular formula is C14H20O2. The Morgan fingerprint density at radius 1 is 0.688 bits per heavy atom. The van der Waals surface area contributed by atoms with Gasteiger partial charge in [0.15, 0.2) is 0 Å². The lowest BCUT2D eigenvalue weighted by atomic mass is 9.59. The van der Waals surface area contributed by atoms with Crippen LogP contribution in [0.15, 0.2) is 24.3 Å². The van der Waals surface area contributed by atoms with Crippen molar-refractivity contribution in [1.82, 2.24) is 0 Å². The van der Waals surface area contributed by atoms with Crippen LogP contribution in [0.5, 0.6) is 0 Å². The second-order valence-corrected chi connectivity index (χ2v) is 5.74. The van der Waals surface area contributed by atoms with E-state index in [2.05, 4.69) is 24.3 Å². The first-order chi connectivity index (χ1) is 7.62. The molecule has 0 heterocycles. The van der Waals surface area contributed by atoms with Crippen molar-refractivity contribution >= 4 is 0 Å². The fourth-order valence-electron chi connectivity index (χ4n) is 4.16. The Morgan fingerprint density at radius 2 is 1.25 bits per heavy atom. The highest BCUT2D eigenvalue weighted by Crippen LogP contribution is 2.62. The van der Waals surface area contributed by atoms with Gasteiger partial charge in [0.1, 0.15) is 0 Å². The second-order valence-electron chi connectivity index (χ2n) is 5.74. The minimum absolute atomic E-state index is 0.293. The van der Waals surface area contributed by atoms with Crippen LogP contribution in [0, 0.1) is 5.41 Å². The minimum atomic E-state index is -0.681. The lowest BCUT2D eigenvalue weighted by molar-refractivity contribution is -0.153. The number of hydrogen-bond donors (Lipinski definition) is 2. The predicted molar refractivity (Wildman–Crippen MR) is 62.9 cm³/mol. The third-order valence-corrected chi connectivity index (χ3v) is 5.18. The summed E-state index contributed by atoms with van der Waals surface area (Å²) in [6.45, 7) is 0. The molecule has 0 bridgehead atoms. The first-order valence-electron chi connectivity index (χ1n) is 6.37. The summed E-state index contributed by atoms with van der Waals surface area (Å²) in [5.41, 5.74) is -1.64. The Balaban J connectivity index is 2.09. The molecule has 0 aromatic carbocycles. The number of aliphatic hydroxyl groups is 2. The van der Waals surface area contributed by atoms with E-state index in [4.69, 9.17) is 0 Å². The number of hydrogen-bond acceptors (Lipinski definition) is 2. The number of rotatable bonds is 0. The normalized spacial score (nSPS) is 50.9. The van der Waals surface area contributed by atoms with Crippen molar-refractivity contribution in [1.29, 1.82) is 0 Å². The lowest BCUT2D eigenvalue weighted by Crippen LogP contribution is -2.55. The van der Waals surface area contributed by atoms with Crippen LogP contribution in [0.1, 0.15) is 44.9 Å². The average Bonchev–Trinajstić information content (AvgIpc) is 2.40. The van der Waals surface area contributed by atoms with Gasteiger partial charge in [0, 0.05) is 5.41 Å². The van der Waals surface area contributed by atoms with E-state index in [9.17, 15) is 10.2 Å². The second kappa shape index (κ2) is 3.21. The highest BCUT2D eigenvalue weighted by molar-refractivity contribution is 5.24. The van der Waals surface area contributed by atoms with E-state index in [1.54, 1.807) is 0 Å². The molecule has 2 heteroatoms. The van der Waals surface area contributed by atoms with Crippen molar-refractivity contribution in [2.75, 3.05) is 0 Å². The maximum Gasteiger partial charge on any atom is 0.0769 e. The monoisotopic (exact) mass is 220 g/mol. The Kier molecular flexibility index (Phi) is 2.11. The molecule has 3 atom stereocenters. The molecule has 0 amide bonds. The molecule has 1 spiro atoms. The van der Waals surface area contributed by atoms with E-state index in [1.807, 2.05) is 0 Å². The molecular weight excluding hydrogens is 200 g/mol. The van der Waals surface area contributed by atoms with Gasteiger partial charge in [0.05, 0.1) is 11.2 Å². The highest BCUT2D eigenvalue weighted by Gasteiger charge is 2.65. The fraction of sp³-hybridized carbons (Fsp3) is 0.714. The quantitative estimate of drug-likeness (QED) is 0.615.